The standard InChI is InChI=1S/C21H21BrN2O2/c1-21(14-15-9-5-4-6-10-15)20(26)23(2)18(19(25)24(21)3)13-16-11-7-8-12-17(16)22/h4-13H,14H2,1-3H3. The SMILES string of the molecule is CN1C(=O)C(C)(Cc2ccccc2)N(C)C(=O)C1=Cc1ccccc1Br. The summed E-state index contributed by atoms with van der Waals surface area (Å²) in [5, 5.41) is 0. The molecule has 0 spiro atoms. The Morgan fingerprint density at radius 2 is 1.62 bits per heavy atom. The monoisotopic (exact) mass is 412 g/mol. The minimum atomic E-state index is -0.918. The van der Waals surface area contributed by atoms with Gasteiger partial charge in [-0.3, -0.25) is 9.59 Å². The van der Waals surface area contributed by atoms with Gasteiger partial charge in [-0.2, -0.15) is 0 Å². The Morgan fingerprint density at radius 1 is 1.00 bits per heavy atom. The van der Waals surface area contributed by atoms with E-state index in [1.165, 1.54) is 4.90 Å². The van der Waals surface area contributed by atoms with Gasteiger partial charge in [-0.15, -0.1) is 0 Å². The molecule has 0 N–H and O–H groups in total. The molecule has 2 amide bonds. The Labute approximate surface area is 162 Å². The van der Waals surface area contributed by atoms with Crippen LogP contribution in [0, 0.1) is 0 Å². The molecule has 0 bridgehead atoms. The van der Waals surface area contributed by atoms with Gasteiger partial charge in [0.15, 0.2) is 0 Å². The Hall–Kier alpha value is -2.40. The predicted molar refractivity (Wildman–Crippen MR) is 106 cm³/mol. The number of halogens is 1. The van der Waals surface area contributed by atoms with Gasteiger partial charge < -0.3 is 9.80 Å². The molecule has 1 atom stereocenters. The highest BCUT2D eigenvalue weighted by atomic mass is 79.9. The molecule has 0 radical (unpaired) electrons. The molecule has 26 heavy (non-hydrogen) atoms. The summed E-state index contributed by atoms with van der Waals surface area (Å²) in [6.45, 7) is 1.83. The van der Waals surface area contributed by atoms with E-state index in [9.17, 15) is 9.59 Å². The van der Waals surface area contributed by atoms with Crippen LogP contribution in [-0.4, -0.2) is 41.2 Å². The molecule has 3 rings (SSSR count). The van der Waals surface area contributed by atoms with E-state index in [1.807, 2.05) is 61.5 Å². The summed E-state index contributed by atoms with van der Waals surface area (Å²) in [5.74, 6) is -0.261. The van der Waals surface area contributed by atoms with E-state index >= 15 is 0 Å². The van der Waals surface area contributed by atoms with Gasteiger partial charge >= 0.3 is 0 Å². The molecule has 1 saturated heterocycles. The lowest BCUT2D eigenvalue weighted by atomic mass is 9.87. The maximum atomic E-state index is 13.2. The van der Waals surface area contributed by atoms with Crippen molar-refractivity contribution in [1.82, 2.24) is 9.80 Å². The minimum Gasteiger partial charge on any atom is -0.326 e. The normalized spacial score (nSPS) is 22.2. The first-order valence-corrected chi connectivity index (χ1v) is 9.20. The molecule has 2 aromatic carbocycles. The first-order valence-electron chi connectivity index (χ1n) is 8.41. The maximum Gasteiger partial charge on any atom is 0.271 e. The third kappa shape index (κ3) is 3.19. The fourth-order valence-corrected chi connectivity index (χ4v) is 3.64. The number of benzene rings is 2. The van der Waals surface area contributed by atoms with Crippen molar-refractivity contribution in [2.24, 2.45) is 0 Å². The summed E-state index contributed by atoms with van der Waals surface area (Å²) < 4.78 is 0.876. The number of nitrogens with zero attached hydrogens (tertiary/aromatic N) is 2. The third-order valence-corrected chi connectivity index (χ3v) is 5.70. The van der Waals surface area contributed by atoms with E-state index in [1.54, 1.807) is 25.1 Å². The first kappa shape index (κ1) is 18.4. The lowest BCUT2D eigenvalue weighted by Gasteiger charge is -2.45. The number of carbonyl (C=O) groups excluding carboxylic acids is 2. The second kappa shape index (κ2) is 7.08. The average molecular weight is 413 g/mol. The van der Waals surface area contributed by atoms with Crippen LogP contribution in [0.1, 0.15) is 18.1 Å². The fraction of sp³-hybridized carbons (Fsp3) is 0.238. The van der Waals surface area contributed by atoms with Crippen LogP contribution in [-0.2, 0) is 16.0 Å². The van der Waals surface area contributed by atoms with Crippen molar-refractivity contribution in [3.63, 3.8) is 0 Å². The van der Waals surface area contributed by atoms with Crippen molar-refractivity contribution in [2.75, 3.05) is 14.1 Å². The molecule has 1 fully saturated rings. The molecule has 0 aromatic heterocycles. The van der Waals surface area contributed by atoms with Crippen molar-refractivity contribution in [2.45, 2.75) is 18.9 Å². The van der Waals surface area contributed by atoms with Crippen molar-refractivity contribution in [3.8, 4) is 0 Å². The zero-order chi connectivity index (χ0) is 18.9. The molecule has 0 aliphatic carbocycles. The van der Waals surface area contributed by atoms with Crippen LogP contribution in [0.25, 0.3) is 6.08 Å². The van der Waals surface area contributed by atoms with Crippen LogP contribution in [0.4, 0.5) is 0 Å². The van der Waals surface area contributed by atoms with E-state index in [0.717, 1.165) is 15.6 Å². The maximum absolute atomic E-state index is 13.2. The summed E-state index contributed by atoms with van der Waals surface area (Å²) in [5.41, 5.74) is 1.33. The molecule has 2 aromatic rings. The zero-order valence-corrected chi connectivity index (χ0v) is 16.7. The first-order chi connectivity index (χ1) is 12.3. The molecule has 4 nitrogen and oxygen atoms in total. The highest BCUT2D eigenvalue weighted by Crippen LogP contribution is 2.32. The fourth-order valence-electron chi connectivity index (χ4n) is 3.24. The van der Waals surface area contributed by atoms with Gasteiger partial charge in [0.05, 0.1) is 0 Å². The number of rotatable bonds is 3. The number of amides is 2. The molecule has 5 heteroatoms. The molecule has 1 aliphatic rings. The van der Waals surface area contributed by atoms with Crippen molar-refractivity contribution < 1.29 is 9.59 Å². The quantitative estimate of drug-likeness (QED) is 0.720. The largest absolute Gasteiger partial charge is 0.326 e. The molecule has 0 saturated carbocycles. The van der Waals surface area contributed by atoms with Gasteiger partial charge in [0.2, 0.25) is 0 Å². The summed E-state index contributed by atoms with van der Waals surface area (Å²) in [4.78, 5) is 29.3. The number of carbonyl (C=O) groups is 2. The van der Waals surface area contributed by atoms with E-state index in [4.69, 9.17) is 0 Å². The van der Waals surface area contributed by atoms with Crippen LogP contribution < -0.4 is 0 Å². The average Bonchev–Trinajstić information content (AvgIpc) is 2.65. The summed E-state index contributed by atoms with van der Waals surface area (Å²) >= 11 is 3.49. The van der Waals surface area contributed by atoms with Gasteiger partial charge in [-0.05, 0) is 30.2 Å². The Balaban J connectivity index is 1.98. The number of piperazine rings is 1. The molecular formula is C21H21BrN2O2. The summed E-state index contributed by atoms with van der Waals surface area (Å²) in [6.07, 6.45) is 2.23. The van der Waals surface area contributed by atoms with E-state index in [-0.39, 0.29) is 11.8 Å². The lowest BCUT2D eigenvalue weighted by Crippen LogP contribution is -2.64. The number of hydrogen-bond donors (Lipinski definition) is 0. The molecule has 1 aliphatic heterocycles. The Kier molecular flexibility index (Phi) is 5.01. The Bertz CT molecular complexity index is 879. The smallest absolute Gasteiger partial charge is 0.271 e. The van der Waals surface area contributed by atoms with Crippen LogP contribution in [0.3, 0.4) is 0 Å². The van der Waals surface area contributed by atoms with Gasteiger partial charge in [0.1, 0.15) is 11.2 Å². The molecule has 1 unspecified atom stereocenters. The van der Waals surface area contributed by atoms with Crippen molar-refractivity contribution in [1.29, 1.82) is 0 Å². The zero-order valence-electron chi connectivity index (χ0n) is 15.1. The van der Waals surface area contributed by atoms with E-state index in [0.29, 0.717) is 12.1 Å². The van der Waals surface area contributed by atoms with Crippen LogP contribution >= 0.6 is 15.9 Å². The van der Waals surface area contributed by atoms with Crippen LogP contribution in [0.5, 0.6) is 0 Å². The highest BCUT2D eigenvalue weighted by molar-refractivity contribution is 9.10. The van der Waals surface area contributed by atoms with Crippen molar-refractivity contribution >= 4 is 33.8 Å². The molecular weight excluding hydrogens is 392 g/mol. The van der Waals surface area contributed by atoms with Crippen molar-refractivity contribution in [3.05, 3.63) is 75.9 Å². The number of likely N-dealkylation sites (N-methyl/N-ethyl adjacent to an activating group) is 2. The van der Waals surface area contributed by atoms with E-state index in [2.05, 4.69) is 15.9 Å². The Morgan fingerprint density at radius 3 is 2.27 bits per heavy atom. The third-order valence-electron chi connectivity index (χ3n) is 4.98. The molecule has 134 valence electrons. The summed E-state index contributed by atoms with van der Waals surface area (Å²) in [6, 6.07) is 17.4. The lowest BCUT2D eigenvalue weighted by molar-refractivity contribution is -0.155. The van der Waals surface area contributed by atoms with Crippen LogP contribution in [0.15, 0.2) is 64.8 Å². The highest BCUT2D eigenvalue weighted by Gasteiger charge is 2.48. The van der Waals surface area contributed by atoms with Gasteiger partial charge in [-0.25, -0.2) is 0 Å². The molecule has 1 heterocycles. The minimum absolute atomic E-state index is 0.0956. The van der Waals surface area contributed by atoms with Gasteiger partial charge in [0.25, 0.3) is 11.8 Å². The van der Waals surface area contributed by atoms with Gasteiger partial charge in [0, 0.05) is 25.0 Å². The summed E-state index contributed by atoms with van der Waals surface area (Å²) in [7, 11) is 3.36. The second-order valence-electron chi connectivity index (χ2n) is 6.72. The topological polar surface area (TPSA) is 40.6 Å². The predicted octanol–water partition coefficient (Wildman–Crippen LogP) is 3.72. The van der Waals surface area contributed by atoms with Crippen LogP contribution in [0.2, 0.25) is 0 Å². The van der Waals surface area contributed by atoms with E-state index < -0.39 is 5.54 Å². The van der Waals surface area contributed by atoms with Gasteiger partial charge in [-0.1, -0.05) is 64.5 Å². The second-order valence-corrected chi connectivity index (χ2v) is 7.57. The number of hydrogen-bond acceptors (Lipinski definition) is 2.